The van der Waals surface area contributed by atoms with E-state index in [0.717, 1.165) is 12.8 Å². The Balaban J connectivity index is 2.75. The minimum Gasteiger partial charge on any atom is -0.393 e. The molecule has 0 amide bonds. The van der Waals surface area contributed by atoms with Crippen molar-refractivity contribution in [1.29, 1.82) is 0 Å². The highest BCUT2D eigenvalue weighted by molar-refractivity contribution is 4.55. The molecule has 0 saturated carbocycles. The zero-order valence-electron chi connectivity index (χ0n) is 6.27. The highest BCUT2D eigenvalue weighted by Crippen LogP contribution is 2.03. The van der Waals surface area contributed by atoms with E-state index in [9.17, 15) is 0 Å². The van der Waals surface area contributed by atoms with Gasteiger partial charge in [-0.05, 0) is 13.3 Å². The average Bonchev–Trinajstić information content (AvgIpc) is 1.80. The molecule has 1 atom stereocenters. The van der Waals surface area contributed by atoms with Crippen LogP contribution in [0.5, 0.6) is 0 Å². The van der Waals surface area contributed by atoms with Gasteiger partial charge in [0.15, 0.2) is 0 Å². The summed E-state index contributed by atoms with van der Waals surface area (Å²) in [4.78, 5) is 0. The Morgan fingerprint density at radius 2 is 2.00 bits per heavy atom. The normalized spacial score (nSPS) is 13.7. The average molecular weight is 129 g/mol. The predicted molar refractivity (Wildman–Crippen MR) is 40.1 cm³/mol. The van der Waals surface area contributed by atoms with Crippen molar-refractivity contribution in [2.75, 3.05) is 0 Å². The van der Waals surface area contributed by atoms with Gasteiger partial charge in [0.05, 0.1) is 6.10 Å². The first-order valence-corrected chi connectivity index (χ1v) is 3.78. The van der Waals surface area contributed by atoms with Crippen LogP contribution in [0.1, 0.15) is 39.0 Å². The van der Waals surface area contributed by atoms with Crippen LogP contribution in [0.2, 0.25) is 0 Å². The molecule has 0 unspecified atom stereocenters. The van der Waals surface area contributed by atoms with Crippen molar-refractivity contribution >= 4 is 0 Å². The molecule has 0 heterocycles. The van der Waals surface area contributed by atoms with Gasteiger partial charge in [-0.15, -0.1) is 0 Å². The highest BCUT2D eigenvalue weighted by Gasteiger charge is 1.93. The third-order valence-corrected chi connectivity index (χ3v) is 1.39. The first-order chi connectivity index (χ1) is 4.27. The molecule has 0 aliphatic heterocycles. The Hall–Kier alpha value is -0.0400. The van der Waals surface area contributed by atoms with Crippen molar-refractivity contribution in [1.82, 2.24) is 0 Å². The van der Waals surface area contributed by atoms with Crippen LogP contribution in [0.4, 0.5) is 0 Å². The van der Waals surface area contributed by atoms with Crippen LogP contribution in [-0.4, -0.2) is 11.2 Å². The van der Waals surface area contributed by atoms with Gasteiger partial charge in [0.2, 0.25) is 0 Å². The fourth-order valence-corrected chi connectivity index (χ4v) is 0.807. The number of aliphatic hydroxyl groups is 1. The van der Waals surface area contributed by atoms with E-state index in [-0.39, 0.29) is 6.10 Å². The number of unbranched alkanes of at least 4 members (excludes halogenated alkanes) is 3. The number of aliphatic hydroxyl groups excluding tert-OH is 1. The maximum atomic E-state index is 8.74. The third kappa shape index (κ3) is 7.96. The van der Waals surface area contributed by atoms with Crippen LogP contribution in [0.3, 0.4) is 0 Å². The van der Waals surface area contributed by atoms with Gasteiger partial charge in [-0.25, -0.2) is 0 Å². The third-order valence-electron chi connectivity index (χ3n) is 1.39. The predicted octanol–water partition coefficient (Wildman–Crippen LogP) is 2.15. The highest BCUT2D eigenvalue weighted by atomic mass is 16.3. The van der Waals surface area contributed by atoms with Crippen LogP contribution >= 0.6 is 0 Å². The van der Waals surface area contributed by atoms with Gasteiger partial charge >= 0.3 is 0 Å². The van der Waals surface area contributed by atoms with Crippen LogP contribution in [-0.2, 0) is 0 Å². The molecule has 1 radical (unpaired) electrons. The first-order valence-electron chi connectivity index (χ1n) is 3.78. The quantitative estimate of drug-likeness (QED) is 0.564. The summed E-state index contributed by atoms with van der Waals surface area (Å²) >= 11 is 0. The Labute approximate surface area is 58.1 Å². The molecule has 1 nitrogen and oxygen atoms in total. The minimum atomic E-state index is -0.346. The van der Waals surface area contributed by atoms with Gasteiger partial charge in [-0.1, -0.05) is 32.6 Å². The van der Waals surface area contributed by atoms with E-state index >= 15 is 0 Å². The summed E-state index contributed by atoms with van der Waals surface area (Å²) in [6.45, 7) is 5.67. The summed E-state index contributed by atoms with van der Waals surface area (Å²) in [6.07, 6.45) is 5.42. The lowest BCUT2D eigenvalue weighted by Crippen LogP contribution is -1.98. The van der Waals surface area contributed by atoms with E-state index in [4.69, 9.17) is 5.11 Å². The second-order valence-electron chi connectivity index (χ2n) is 2.50. The van der Waals surface area contributed by atoms with E-state index in [1.54, 1.807) is 0 Å². The number of hydrogen-bond acceptors (Lipinski definition) is 1. The number of rotatable bonds is 5. The Morgan fingerprint density at radius 3 is 2.44 bits per heavy atom. The molecular weight excluding hydrogens is 112 g/mol. The van der Waals surface area contributed by atoms with Crippen molar-refractivity contribution in [3.8, 4) is 0 Å². The first kappa shape index (κ1) is 8.96. The second-order valence-corrected chi connectivity index (χ2v) is 2.50. The molecule has 1 N–H and O–H groups in total. The number of hydrogen-bond donors (Lipinski definition) is 1. The van der Waals surface area contributed by atoms with Gasteiger partial charge < -0.3 is 5.11 Å². The molecule has 0 fully saturated rings. The maximum absolute atomic E-state index is 8.74. The topological polar surface area (TPSA) is 20.2 Å². The van der Waals surface area contributed by atoms with Crippen LogP contribution < -0.4 is 0 Å². The monoisotopic (exact) mass is 129 g/mol. The zero-order valence-corrected chi connectivity index (χ0v) is 6.27. The summed E-state index contributed by atoms with van der Waals surface area (Å²) in [5.74, 6) is 0. The molecule has 0 aromatic carbocycles. The summed E-state index contributed by atoms with van der Waals surface area (Å²) in [6, 6.07) is 0. The molecule has 0 bridgehead atoms. The lowest BCUT2D eigenvalue weighted by Gasteiger charge is -2.01. The van der Waals surface area contributed by atoms with E-state index in [1.807, 2.05) is 0 Å². The molecule has 0 aromatic heterocycles. The second kappa shape index (κ2) is 6.09. The van der Waals surface area contributed by atoms with Crippen LogP contribution in [0, 0.1) is 6.92 Å². The molecule has 0 saturated heterocycles. The van der Waals surface area contributed by atoms with E-state index in [1.165, 1.54) is 19.3 Å². The van der Waals surface area contributed by atoms with Gasteiger partial charge in [0.25, 0.3) is 0 Å². The smallest absolute Gasteiger partial charge is 0.0541 e. The van der Waals surface area contributed by atoms with E-state index in [2.05, 4.69) is 13.8 Å². The SMILES string of the molecule is [CH2][C@@H](O)CCCCCC. The fraction of sp³-hybridized carbons (Fsp3) is 0.875. The molecule has 1 heteroatoms. The van der Waals surface area contributed by atoms with Crippen LogP contribution in [0.25, 0.3) is 0 Å². The zero-order chi connectivity index (χ0) is 7.11. The van der Waals surface area contributed by atoms with Gasteiger partial charge in [0.1, 0.15) is 0 Å². The minimum absolute atomic E-state index is 0.346. The Bertz CT molecular complexity index is 50.5. The maximum Gasteiger partial charge on any atom is 0.0541 e. The molecule has 0 aliphatic rings. The van der Waals surface area contributed by atoms with E-state index < -0.39 is 0 Å². The van der Waals surface area contributed by atoms with Gasteiger partial charge in [0, 0.05) is 0 Å². The van der Waals surface area contributed by atoms with Gasteiger partial charge in [-0.2, -0.15) is 0 Å². The summed E-state index contributed by atoms with van der Waals surface area (Å²) in [7, 11) is 0. The Kier molecular flexibility index (Phi) is 6.06. The molecule has 0 spiro atoms. The molecule has 0 rings (SSSR count). The molecule has 9 heavy (non-hydrogen) atoms. The Morgan fingerprint density at radius 1 is 1.33 bits per heavy atom. The van der Waals surface area contributed by atoms with Crippen molar-refractivity contribution in [3.05, 3.63) is 6.92 Å². The van der Waals surface area contributed by atoms with Crippen molar-refractivity contribution < 1.29 is 5.11 Å². The molecule has 55 valence electrons. The largest absolute Gasteiger partial charge is 0.393 e. The lowest BCUT2D eigenvalue weighted by molar-refractivity contribution is 0.205. The van der Waals surface area contributed by atoms with Crippen molar-refractivity contribution in [2.45, 2.75) is 45.1 Å². The summed E-state index contributed by atoms with van der Waals surface area (Å²) in [5.41, 5.74) is 0. The summed E-state index contributed by atoms with van der Waals surface area (Å²) < 4.78 is 0. The molecule has 0 aromatic rings. The van der Waals surface area contributed by atoms with Crippen molar-refractivity contribution in [3.63, 3.8) is 0 Å². The fourth-order valence-electron chi connectivity index (χ4n) is 0.807. The van der Waals surface area contributed by atoms with Crippen LogP contribution in [0.15, 0.2) is 0 Å². The van der Waals surface area contributed by atoms with E-state index in [0.29, 0.717) is 0 Å². The van der Waals surface area contributed by atoms with Gasteiger partial charge in [-0.3, -0.25) is 0 Å². The summed E-state index contributed by atoms with van der Waals surface area (Å²) in [5, 5.41) is 8.74. The standard InChI is InChI=1S/C8H17O/c1-3-4-5-6-7-8(2)9/h8-9H,2-7H2,1H3/t8-/m1/s1. The molecular formula is C8H17O. The van der Waals surface area contributed by atoms with Crippen molar-refractivity contribution in [2.24, 2.45) is 0 Å². The molecule has 0 aliphatic carbocycles. The lowest BCUT2D eigenvalue weighted by atomic mass is 10.1.